The molecule has 0 amide bonds. The molecule has 0 aromatic rings. The Morgan fingerprint density at radius 2 is 1.14 bits per heavy atom. The molecule has 0 N–H and O–H groups in total. The molecule has 0 saturated heterocycles. The fourth-order valence-electron chi connectivity index (χ4n) is 3.05. The van der Waals surface area contributed by atoms with Crippen molar-refractivity contribution in [2.45, 2.75) is 58.6 Å². The van der Waals surface area contributed by atoms with E-state index in [0.29, 0.717) is 6.85 Å². The summed E-state index contributed by atoms with van der Waals surface area (Å²) in [5, 5.41) is 0. The molecule has 22 heavy (non-hydrogen) atoms. The summed E-state index contributed by atoms with van der Waals surface area (Å²) in [6.45, 7) is 2.96. The number of methoxy groups -OCH3 is 2. The first-order valence-corrected chi connectivity index (χ1v) is 18.6. The molecule has 0 aromatic heterocycles. The standard InChI is InChI=1S/C10H18O2.2C2H4O2.2Hg/c1-11-9-5-3-7-10(12-2)8-4-6-9;2*1-2(3)4;;/h5,8-10H,3-4,6-7H2,1-2H3;2*1H3,(H,3,4);;/q;;;2*+1/p-2. The van der Waals surface area contributed by atoms with Gasteiger partial charge in [0.25, 0.3) is 0 Å². The number of carbonyl (C=O) groups is 2. The van der Waals surface area contributed by atoms with Crippen LogP contribution in [0.1, 0.15) is 39.5 Å². The molecule has 1 rings (SSSR count). The molecule has 0 bridgehead atoms. The molecule has 8 heteroatoms. The Bertz CT molecular complexity index is 331. The van der Waals surface area contributed by atoms with Gasteiger partial charge in [0.2, 0.25) is 0 Å². The van der Waals surface area contributed by atoms with Crippen LogP contribution in [0.15, 0.2) is 0 Å². The van der Waals surface area contributed by atoms with Crippen LogP contribution >= 0.6 is 0 Å². The third-order valence-corrected chi connectivity index (χ3v) is 19.3. The second kappa shape index (κ2) is 11.3. The predicted molar refractivity (Wildman–Crippen MR) is 71.1 cm³/mol. The summed E-state index contributed by atoms with van der Waals surface area (Å²) in [6.07, 6.45) is 4.19. The molecule has 0 aromatic carbocycles. The molecule has 1 aliphatic rings. The van der Waals surface area contributed by atoms with Crippen molar-refractivity contribution in [1.82, 2.24) is 0 Å². The van der Waals surface area contributed by atoms with E-state index in [1.165, 1.54) is 13.8 Å². The summed E-state index contributed by atoms with van der Waals surface area (Å²) in [5.41, 5.74) is 0. The Kier molecular flexibility index (Phi) is 10.7. The van der Waals surface area contributed by atoms with Crippen molar-refractivity contribution in [2.24, 2.45) is 0 Å². The Morgan fingerprint density at radius 1 is 0.773 bits per heavy atom. The van der Waals surface area contributed by atoms with E-state index in [1.807, 2.05) is 0 Å². The molecule has 1 saturated carbocycles. The maximum absolute atomic E-state index is 11.1. The van der Waals surface area contributed by atoms with Gasteiger partial charge >= 0.3 is 159 Å². The van der Waals surface area contributed by atoms with Crippen LogP contribution in [-0.2, 0) is 74.4 Å². The van der Waals surface area contributed by atoms with E-state index in [2.05, 4.69) is 0 Å². The van der Waals surface area contributed by atoms with E-state index in [0.717, 1.165) is 25.7 Å². The summed E-state index contributed by atoms with van der Waals surface area (Å²) in [6, 6.07) is 0. The fourth-order valence-corrected chi connectivity index (χ4v) is 14.7. The van der Waals surface area contributed by atoms with E-state index < -0.39 is 50.1 Å². The first kappa shape index (κ1) is 20.8. The SMILES string of the molecule is COC1CC[CH]([Hg][O]C(C)=O)C(OC)CC[CH]1[Hg][O]C(C)=O. The molecule has 1 fully saturated rings. The van der Waals surface area contributed by atoms with Crippen molar-refractivity contribution in [1.29, 1.82) is 0 Å². The molecule has 4 unspecified atom stereocenters. The Labute approximate surface area is 158 Å². The van der Waals surface area contributed by atoms with Crippen molar-refractivity contribution >= 4 is 11.9 Å². The van der Waals surface area contributed by atoms with Gasteiger partial charge in [0.1, 0.15) is 0 Å². The van der Waals surface area contributed by atoms with E-state index in [9.17, 15) is 9.59 Å². The van der Waals surface area contributed by atoms with Crippen LogP contribution in [0.2, 0.25) is 6.85 Å². The molecule has 6 nitrogen and oxygen atoms in total. The topological polar surface area (TPSA) is 71.1 Å². The van der Waals surface area contributed by atoms with Gasteiger partial charge in [-0.2, -0.15) is 0 Å². The Balaban J connectivity index is 2.65. The van der Waals surface area contributed by atoms with Gasteiger partial charge in [0.05, 0.1) is 0 Å². The van der Waals surface area contributed by atoms with Gasteiger partial charge in [-0.1, -0.05) is 0 Å². The molecule has 120 valence electrons. The molecule has 1 aliphatic carbocycles. The van der Waals surface area contributed by atoms with Gasteiger partial charge in [0, 0.05) is 0 Å². The van der Waals surface area contributed by atoms with E-state index >= 15 is 0 Å². The first-order valence-electron chi connectivity index (χ1n) is 7.80. The third-order valence-electron chi connectivity index (χ3n) is 4.30. The van der Waals surface area contributed by atoms with Crippen LogP contribution in [0.5, 0.6) is 0 Å². The first-order chi connectivity index (χ1) is 10.5. The normalized spacial score (nSPS) is 28.5. The zero-order chi connectivity index (χ0) is 16.5. The zero-order valence-corrected chi connectivity index (χ0v) is 25.0. The van der Waals surface area contributed by atoms with Crippen LogP contribution in [-0.4, -0.2) is 38.4 Å². The third kappa shape index (κ3) is 7.53. The molecular weight excluding hydrogens is 665 g/mol. The van der Waals surface area contributed by atoms with E-state index in [-0.39, 0.29) is 24.1 Å². The summed E-state index contributed by atoms with van der Waals surface area (Å²) in [7, 11) is 3.47. The molecule has 4 atom stereocenters. The minimum atomic E-state index is -1.75. The average molecular weight is 690 g/mol. The number of carbonyl (C=O) groups excluding carboxylic acids is 2. The van der Waals surface area contributed by atoms with Crippen molar-refractivity contribution < 1.29 is 74.4 Å². The van der Waals surface area contributed by atoms with Crippen molar-refractivity contribution in [2.75, 3.05) is 14.2 Å². The number of hydrogen-bond acceptors (Lipinski definition) is 6. The van der Waals surface area contributed by atoms with Gasteiger partial charge in [-0.25, -0.2) is 0 Å². The molecule has 0 aliphatic heterocycles. The van der Waals surface area contributed by atoms with Gasteiger partial charge in [-0.05, 0) is 0 Å². The van der Waals surface area contributed by atoms with E-state index in [4.69, 9.17) is 14.8 Å². The molecule has 0 radical (unpaired) electrons. The summed E-state index contributed by atoms with van der Waals surface area (Å²) in [5.74, 6) is -0.321. The fraction of sp³-hybridized carbons (Fsp3) is 0.857. The van der Waals surface area contributed by atoms with Gasteiger partial charge in [-0.3, -0.25) is 0 Å². The quantitative estimate of drug-likeness (QED) is 0.399. The Morgan fingerprint density at radius 3 is 1.41 bits per heavy atom. The van der Waals surface area contributed by atoms with Crippen molar-refractivity contribution in [3.8, 4) is 0 Å². The minimum absolute atomic E-state index is 0.161. The van der Waals surface area contributed by atoms with Crippen LogP contribution in [0, 0.1) is 0 Å². The molecule has 0 heterocycles. The summed E-state index contributed by atoms with van der Waals surface area (Å²) >= 11 is -3.50. The van der Waals surface area contributed by atoms with Crippen molar-refractivity contribution in [3.63, 3.8) is 0 Å². The maximum atomic E-state index is 11.1. The average Bonchev–Trinajstić information content (AvgIpc) is 2.45. The molecule has 0 spiro atoms. The van der Waals surface area contributed by atoms with Gasteiger partial charge in [-0.15, -0.1) is 0 Å². The van der Waals surface area contributed by atoms with Crippen molar-refractivity contribution in [3.05, 3.63) is 0 Å². The van der Waals surface area contributed by atoms with Crippen LogP contribution in [0.25, 0.3) is 0 Å². The van der Waals surface area contributed by atoms with Crippen LogP contribution in [0.4, 0.5) is 0 Å². The second-order valence-electron chi connectivity index (χ2n) is 5.83. The predicted octanol–water partition coefficient (Wildman–Crippen LogP) is 2.29. The molecular formula is C14H24Hg2O6. The van der Waals surface area contributed by atoms with Gasteiger partial charge in [0.15, 0.2) is 0 Å². The van der Waals surface area contributed by atoms with Crippen LogP contribution in [0.3, 0.4) is 0 Å². The van der Waals surface area contributed by atoms with Gasteiger partial charge < -0.3 is 0 Å². The number of ether oxygens (including phenoxy) is 2. The second-order valence-corrected chi connectivity index (χ2v) is 18.8. The van der Waals surface area contributed by atoms with E-state index in [1.54, 1.807) is 14.2 Å². The van der Waals surface area contributed by atoms with Crippen LogP contribution < -0.4 is 0 Å². The summed E-state index contributed by atoms with van der Waals surface area (Å²) < 4.78 is 22.9. The monoisotopic (exact) mass is 692 g/mol. The zero-order valence-electron chi connectivity index (χ0n) is 14.0. The Hall–Kier alpha value is 0.730. The summed E-state index contributed by atoms with van der Waals surface area (Å²) in [4.78, 5) is 22.2. The number of hydrogen-bond donors (Lipinski definition) is 0. The number of rotatable bonds is 6.